The highest BCUT2D eigenvalue weighted by Crippen LogP contribution is 2.26. The number of aryl methyl sites for hydroxylation is 1. The van der Waals surface area contributed by atoms with Gasteiger partial charge >= 0.3 is 0 Å². The first-order chi connectivity index (χ1) is 9.82. The first-order valence-electron chi connectivity index (χ1n) is 6.72. The maximum Gasteiger partial charge on any atom is 0.243 e. The summed E-state index contributed by atoms with van der Waals surface area (Å²) in [5, 5.41) is 0. The molecule has 0 bridgehead atoms. The molecule has 2 N–H and O–H groups in total. The largest absolute Gasteiger partial charge is 0.399 e. The quantitative estimate of drug-likeness (QED) is 0.883. The molecule has 5 heteroatoms. The fraction of sp³-hybridized carbons (Fsp3) is 0.250. The van der Waals surface area contributed by atoms with Crippen LogP contribution in [0.3, 0.4) is 0 Å². The molecule has 2 aromatic carbocycles. The number of sulfonamides is 1. The Morgan fingerprint density at radius 1 is 1.10 bits per heavy atom. The highest BCUT2D eigenvalue weighted by molar-refractivity contribution is 7.89. The number of nitrogens with two attached hydrogens (primary N) is 1. The zero-order chi connectivity index (χ0) is 15.6. The first-order valence-corrected chi connectivity index (χ1v) is 8.16. The number of anilines is 1. The maximum atomic E-state index is 12.6. The van der Waals surface area contributed by atoms with Gasteiger partial charge in [0.2, 0.25) is 10.0 Å². The van der Waals surface area contributed by atoms with Gasteiger partial charge in [0.1, 0.15) is 0 Å². The lowest BCUT2D eigenvalue weighted by Crippen LogP contribution is -2.29. The minimum absolute atomic E-state index is 0.212. The van der Waals surface area contributed by atoms with Crippen LogP contribution >= 0.6 is 0 Å². The Balaban J connectivity index is 2.33. The van der Waals surface area contributed by atoms with E-state index < -0.39 is 10.0 Å². The summed E-state index contributed by atoms with van der Waals surface area (Å²) in [6.07, 6.45) is 0. The molecule has 0 amide bonds. The molecule has 0 aliphatic rings. The van der Waals surface area contributed by atoms with E-state index in [4.69, 9.17) is 5.73 Å². The highest BCUT2D eigenvalue weighted by atomic mass is 32.2. The molecule has 0 fully saturated rings. The molecule has 21 heavy (non-hydrogen) atoms. The van der Waals surface area contributed by atoms with Gasteiger partial charge in [-0.25, -0.2) is 8.42 Å². The summed E-state index contributed by atoms with van der Waals surface area (Å²) in [4.78, 5) is 0.212. The molecule has 0 saturated heterocycles. The number of rotatable bonds is 4. The Morgan fingerprint density at radius 3 is 2.29 bits per heavy atom. The summed E-state index contributed by atoms with van der Waals surface area (Å²) in [7, 11) is -1.98. The molecule has 112 valence electrons. The number of hydrogen-bond acceptors (Lipinski definition) is 3. The lowest BCUT2D eigenvalue weighted by Gasteiger charge is -2.25. The van der Waals surface area contributed by atoms with Crippen LogP contribution in [0, 0.1) is 6.92 Å². The molecule has 0 aliphatic heterocycles. The van der Waals surface area contributed by atoms with Crippen molar-refractivity contribution in [3.63, 3.8) is 0 Å². The topological polar surface area (TPSA) is 63.4 Å². The lowest BCUT2D eigenvalue weighted by molar-refractivity contribution is 0.398. The molecule has 4 nitrogen and oxygen atoms in total. The Bertz CT molecular complexity index is 724. The first kappa shape index (κ1) is 15.5. The van der Waals surface area contributed by atoms with Crippen LogP contribution in [0.1, 0.15) is 24.1 Å². The summed E-state index contributed by atoms with van der Waals surface area (Å²) in [6, 6.07) is 14.0. The monoisotopic (exact) mass is 304 g/mol. The average Bonchev–Trinajstić information content (AvgIpc) is 2.46. The van der Waals surface area contributed by atoms with Crippen molar-refractivity contribution in [2.45, 2.75) is 24.8 Å². The molecular formula is C16H20N2O2S. The van der Waals surface area contributed by atoms with Crippen molar-refractivity contribution in [3.8, 4) is 0 Å². The van der Waals surface area contributed by atoms with E-state index in [0.29, 0.717) is 5.69 Å². The molecule has 1 unspecified atom stereocenters. The van der Waals surface area contributed by atoms with Gasteiger partial charge in [-0.15, -0.1) is 0 Å². The van der Waals surface area contributed by atoms with Gasteiger partial charge in [-0.05, 0) is 37.6 Å². The van der Waals surface area contributed by atoms with Crippen molar-refractivity contribution < 1.29 is 8.42 Å². The minimum Gasteiger partial charge on any atom is -0.399 e. The van der Waals surface area contributed by atoms with Crippen LogP contribution in [0.5, 0.6) is 0 Å². The number of benzene rings is 2. The molecular weight excluding hydrogens is 284 g/mol. The van der Waals surface area contributed by atoms with E-state index in [-0.39, 0.29) is 10.9 Å². The normalized spacial score (nSPS) is 13.3. The smallest absolute Gasteiger partial charge is 0.243 e. The van der Waals surface area contributed by atoms with Crippen LogP contribution in [0.2, 0.25) is 0 Å². The van der Waals surface area contributed by atoms with Crippen molar-refractivity contribution >= 4 is 15.7 Å². The van der Waals surface area contributed by atoms with Crippen molar-refractivity contribution in [2.24, 2.45) is 0 Å². The molecule has 0 radical (unpaired) electrons. The van der Waals surface area contributed by atoms with E-state index >= 15 is 0 Å². The Morgan fingerprint density at radius 2 is 1.71 bits per heavy atom. The van der Waals surface area contributed by atoms with Gasteiger partial charge in [0.25, 0.3) is 0 Å². The van der Waals surface area contributed by atoms with Gasteiger partial charge in [0, 0.05) is 18.8 Å². The zero-order valence-corrected chi connectivity index (χ0v) is 13.3. The van der Waals surface area contributed by atoms with Crippen molar-refractivity contribution in [3.05, 3.63) is 59.7 Å². The van der Waals surface area contributed by atoms with E-state index in [1.165, 1.54) is 10.4 Å². The molecule has 0 aromatic heterocycles. The van der Waals surface area contributed by atoms with Crippen molar-refractivity contribution in [1.29, 1.82) is 0 Å². The predicted molar refractivity (Wildman–Crippen MR) is 85.4 cm³/mol. The third-order valence-corrected chi connectivity index (χ3v) is 5.56. The SMILES string of the molecule is Cc1ccc(C(C)N(C)S(=O)(=O)c2cccc(N)c2)cc1. The highest BCUT2D eigenvalue weighted by Gasteiger charge is 2.26. The summed E-state index contributed by atoms with van der Waals surface area (Å²) in [5.74, 6) is 0. The third kappa shape index (κ3) is 3.25. The van der Waals surface area contributed by atoms with Crippen LogP contribution in [-0.4, -0.2) is 19.8 Å². The summed E-state index contributed by atoms with van der Waals surface area (Å²) < 4.78 is 26.6. The molecule has 1 atom stereocenters. The zero-order valence-electron chi connectivity index (χ0n) is 12.4. The van der Waals surface area contributed by atoms with Crippen LogP contribution in [0.4, 0.5) is 5.69 Å². The van der Waals surface area contributed by atoms with Crippen LogP contribution in [-0.2, 0) is 10.0 Å². The molecule has 2 rings (SSSR count). The van der Waals surface area contributed by atoms with Gasteiger partial charge in [-0.3, -0.25) is 0 Å². The fourth-order valence-corrected chi connectivity index (χ4v) is 3.51. The molecule has 0 spiro atoms. The second kappa shape index (κ2) is 5.87. The molecule has 0 saturated carbocycles. The van der Waals surface area contributed by atoms with Gasteiger partial charge in [-0.1, -0.05) is 35.9 Å². The van der Waals surface area contributed by atoms with Gasteiger partial charge in [0.15, 0.2) is 0 Å². The van der Waals surface area contributed by atoms with Crippen LogP contribution < -0.4 is 5.73 Å². The second-order valence-electron chi connectivity index (χ2n) is 5.18. The van der Waals surface area contributed by atoms with Gasteiger partial charge < -0.3 is 5.73 Å². The third-order valence-electron chi connectivity index (χ3n) is 3.64. The second-order valence-corrected chi connectivity index (χ2v) is 7.18. The molecule has 2 aromatic rings. The maximum absolute atomic E-state index is 12.6. The molecule has 0 aliphatic carbocycles. The standard InChI is InChI=1S/C16H20N2O2S/c1-12-7-9-14(10-8-12)13(2)18(3)21(19,20)16-6-4-5-15(17)11-16/h4-11,13H,17H2,1-3H3. The number of hydrogen-bond donors (Lipinski definition) is 1. The van der Waals surface area contributed by atoms with Crippen molar-refractivity contribution in [2.75, 3.05) is 12.8 Å². The Hall–Kier alpha value is -1.85. The van der Waals surface area contributed by atoms with Crippen LogP contribution in [0.25, 0.3) is 0 Å². The predicted octanol–water partition coefficient (Wildman–Crippen LogP) is 2.96. The Labute approximate surface area is 126 Å². The van der Waals surface area contributed by atoms with E-state index in [0.717, 1.165) is 11.1 Å². The summed E-state index contributed by atoms with van der Waals surface area (Å²) >= 11 is 0. The van der Waals surface area contributed by atoms with Gasteiger partial charge in [0.05, 0.1) is 4.90 Å². The Kier molecular flexibility index (Phi) is 4.34. The van der Waals surface area contributed by atoms with E-state index in [1.807, 2.05) is 38.1 Å². The fourth-order valence-electron chi connectivity index (χ4n) is 2.10. The number of nitrogen functional groups attached to an aromatic ring is 1. The summed E-state index contributed by atoms with van der Waals surface area (Å²) in [6.45, 7) is 3.87. The minimum atomic E-state index is -3.57. The van der Waals surface area contributed by atoms with Gasteiger partial charge in [-0.2, -0.15) is 4.31 Å². The summed E-state index contributed by atoms with van der Waals surface area (Å²) in [5.41, 5.74) is 8.21. The van der Waals surface area contributed by atoms with E-state index in [2.05, 4.69) is 0 Å². The number of nitrogens with zero attached hydrogens (tertiary/aromatic N) is 1. The van der Waals surface area contributed by atoms with Crippen LogP contribution in [0.15, 0.2) is 53.4 Å². The van der Waals surface area contributed by atoms with E-state index in [9.17, 15) is 8.42 Å². The van der Waals surface area contributed by atoms with E-state index in [1.54, 1.807) is 25.2 Å². The average molecular weight is 304 g/mol. The lowest BCUT2D eigenvalue weighted by atomic mass is 10.1. The molecule has 0 heterocycles. The van der Waals surface area contributed by atoms with Crippen molar-refractivity contribution in [1.82, 2.24) is 4.31 Å².